The van der Waals surface area contributed by atoms with Crippen LogP contribution in [0.2, 0.25) is 0 Å². The maximum atomic E-state index is 13.7. The van der Waals surface area contributed by atoms with Crippen molar-refractivity contribution in [1.29, 1.82) is 0 Å². The van der Waals surface area contributed by atoms with E-state index in [1.807, 2.05) is 17.5 Å². The topological polar surface area (TPSA) is 54.5 Å². The maximum absolute atomic E-state index is 13.7. The number of fused-ring (bicyclic) bond motifs is 1. The number of nitrogens with zero attached hydrogens (tertiary/aromatic N) is 2. The highest BCUT2D eigenvalue weighted by atomic mass is 32.1. The maximum Gasteiger partial charge on any atom is 0.251 e. The molecule has 0 aliphatic carbocycles. The van der Waals surface area contributed by atoms with Crippen LogP contribution in [-0.2, 0) is 19.6 Å². The smallest absolute Gasteiger partial charge is 0.251 e. The lowest BCUT2D eigenvalue weighted by atomic mass is 10.1. The summed E-state index contributed by atoms with van der Waals surface area (Å²) in [5.74, 6) is 0.241. The molecule has 1 N–H and O–H groups in total. The van der Waals surface area contributed by atoms with E-state index in [1.54, 1.807) is 41.8 Å². The number of carbonyl (C=O) groups is 1. The van der Waals surface area contributed by atoms with E-state index in [0.717, 1.165) is 29.4 Å². The summed E-state index contributed by atoms with van der Waals surface area (Å²) in [5.41, 5.74) is 1.96. The van der Waals surface area contributed by atoms with E-state index in [0.29, 0.717) is 24.3 Å². The van der Waals surface area contributed by atoms with Crippen molar-refractivity contribution in [3.05, 3.63) is 81.6 Å². The predicted octanol–water partition coefficient (Wildman–Crippen LogP) is 3.61. The number of amides is 1. The molecule has 4 rings (SSSR count). The molecule has 1 aliphatic rings. The molecule has 2 heterocycles. The van der Waals surface area contributed by atoms with Crippen LogP contribution in [0.5, 0.6) is 5.75 Å². The Morgan fingerprint density at radius 3 is 3.00 bits per heavy atom. The molecule has 28 heavy (non-hydrogen) atoms. The second-order valence-corrected chi connectivity index (χ2v) is 7.56. The van der Waals surface area contributed by atoms with Crippen molar-refractivity contribution in [2.75, 3.05) is 13.2 Å². The van der Waals surface area contributed by atoms with Crippen molar-refractivity contribution in [3.63, 3.8) is 0 Å². The van der Waals surface area contributed by atoms with E-state index in [-0.39, 0.29) is 18.3 Å². The summed E-state index contributed by atoms with van der Waals surface area (Å²) >= 11 is 1.63. The number of halogens is 1. The summed E-state index contributed by atoms with van der Waals surface area (Å²) in [6, 6.07) is 11.9. The van der Waals surface area contributed by atoms with Crippen LogP contribution in [0.25, 0.3) is 0 Å². The van der Waals surface area contributed by atoms with Crippen LogP contribution in [-0.4, -0.2) is 28.9 Å². The Labute approximate surface area is 166 Å². The summed E-state index contributed by atoms with van der Waals surface area (Å²) in [7, 11) is 0. The van der Waals surface area contributed by atoms with Crippen molar-refractivity contribution in [3.8, 4) is 5.75 Å². The molecule has 0 bridgehead atoms. The molecule has 0 fully saturated rings. The van der Waals surface area contributed by atoms with Gasteiger partial charge in [0, 0.05) is 47.9 Å². The van der Waals surface area contributed by atoms with E-state index < -0.39 is 0 Å². The Kier molecular flexibility index (Phi) is 5.64. The fraction of sp³-hybridized carbons (Fsp3) is 0.238. The van der Waals surface area contributed by atoms with Gasteiger partial charge in [0.25, 0.3) is 5.91 Å². The van der Waals surface area contributed by atoms with Crippen LogP contribution in [0.4, 0.5) is 4.39 Å². The van der Waals surface area contributed by atoms with Gasteiger partial charge in [-0.15, -0.1) is 11.3 Å². The predicted molar refractivity (Wildman–Crippen MR) is 106 cm³/mol. The average molecular weight is 397 g/mol. The molecule has 0 spiro atoms. The number of hydrogen-bond acceptors (Lipinski definition) is 5. The Hall–Kier alpha value is -2.77. The highest BCUT2D eigenvalue weighted by molar-refractivity contribution is 7.09. The van der Waals surface area contributed by atoms with Crippen molar-refractivity contribution in [1.82, 2.24) is 15.2 Å². The first-order valence-electron chi connectivity index (χ1n) is 9.07. The minimum Gasteiger partial charge on any atom is -0.492 e. The van der Waals surface area contributed by atoms with Gasteiger partial charge in [-0.05, 0) is 24.3 Å². The lowest BCUT2D eigenvalue weighted by Gasteiger charge is -2.17. The van der Waals surface area contributed by atoms with Crippen LogP contribution in [0.1, 0.15) is 26.5 Å². The summed E-state index contributed by atoms with van der Waals surface area (Å²) in [4.78, 5) is 19.1. The standard InChI is InChI=1S/C21H20FN3O2S/c22-18-4-2-1-3-16(18)12-24-21(26)15-5-6-19-17(11-15)13-25(8-9-27-19)14-20-23-7-10-28-20/h1-7,10-11H,8-9,12-14H2,(H,24,26). The van der Waals surface area contributed by atoms with E-state index in [1.165, 1.54) is 6.07 Å². The molecule has 0 radical (unpaired) electrons. The second kappa shape index (κ2) is 8.50. The fourth-order valence-electron chi connectivity index (χ4n) is 3.17. The summed E-state index contributed by atoms with van der Waals surface area (Å²) in [5, 5.41) is 5.81. The molecule has 2 aromatic carbocycles. The first-order valence-corrected chi connectivity index (χ1v) is 9.95. The van der Waals surface area contributed by atoms with Gasteiger partial charge in [0.05, 0.1) is 6.54 Å². The zero-order chi connectivity index (χ0) is 19.3. The van der Waals surface area contributed by atoms with Gasteiger partial charge in [-0.2, -0.15) is 0 Å². The van der Waals surface area contributed by atoms with Gasteiger partial charge in [-0.3, -0.25) is 9.69 Å². The van der Waals surface area contributed by atoms with Gasteiger partial charge in [0.15, 0.2) is 0 Å². The Balaban J connectivity index is 1.45. The number of rotatable bonds is 5. The lowest BCUT2D eigenvalue weighted by Crippen LogP contribution is -2.25. The van der Waals surface area contributed by atoms with Gasteiger partial charge in [0.1, 0.15) is 23.2 Å². The van der Waals surface area contributed by atoms with E-state index in [2.05, 4.69) is 15.2 Å². The number of carbonyl (C=O) groups excluding carboxylic acids is 1. The third-order valence-corrected chi connectivity index (χ3v) is 5.39. The fourth-order valence-corrected chi connectivity index (χ4v) is 3.82. The molecule has 7 heteroatoms. The third kappa shape index (κ3) is 4.37. The highest BCUT2D eigenvalue weighted by Gasteiger charge is 2.18. The molecule has 0 saturated carbocycles. The average Bonchev–Trinajstić information content (AvgIpc) is 3.12. The van der Waals surface area contributed by atoms with Crippen molar-refractivity contribution < 1.29 is 13.9 Å². The molecule has 3 aromatic rings. The summed E-state index contributed by atoms with van der Waals surface area (Å²) in [6.45, 7) is 2.98. The van der Waals surface area contributed by atoms with Crippen molar-refractivity contribution in [2.45, 2.75) is 19.6 Å². The summed E-state index contributed by atoms with van der Waals surface area (Å²) in [6.07, 6.45) is 1.81. The Morgan fingerprint density at radius 1 is 1.29 bits per heavy atom. The number of hydrogen-bond donors (Lipinski definition) is 1. The molecule has 0 unspecified atom stereocenters. The highest BCUT2D eigenvalue weighted by Crippen LogP contribution is 2.25. The van der Waals surface area contributed by atoms with Gasteiger partial charge in [0.2, 0.25) is 0 Å². The zero-order valence-electron chi connectivity index (χ0n) is 15.2. The van der Waals surface area contributed by atoms with Crippen LogP contribution in [0.3, 0.4) is 0 Å². The van der Waals surface area contributed by atoms with Crippen molar-refractivity contribution >= 4 is 17.2 Å². The lowest BCUT2D eigenvalue weighted by molar-refractivity contribution is 0.0950. The van der Waals surface area contributed by atoms with Gasteiger partial charge in [-0.25, -0.2) is 9.37 Å². The second-order valence-electron chi connectivity index (χ2n) is 6.58. The molecule has 0 atom stereocenters. The molecular formula is C21H20FN3O2S. The first-order chi connectivity index (χ1) is 13.7. The number of thiazole rings is 1. The first kappa shape index (κ1) is 18.6. The van der Waals surface area contributed by atoms with E-state index in [4.69, 9.17) is 4.74 Å². The van der Waals surface area contributed by atoms with E-state index >= 15 is 0 Å². The van der Waals surface area contributed by atoms with Crippen LogP contribution in [0.15, 0.2) is 54.0 Å². The van der Waals surface area contributed by atoms with Crippen molar-refractivity contribution in [2.24, 2.45) is 0 Å². The largest absolute Gasteiger partial charge is 0.492 e. The molecule has 1 aromatic heterocycles. The normalized spacial score (nSPS) is 14.0. The third-order valence-electron chi connectivity index (χ3n) is 4.62. The van der Waals surface area contributed by atoms with Gasteiger partial charge in [-0.1, -0.05) is 18.2 Å². The molecule has 1 aliphatic heterocycles. The molecule has 0 saturated heterocycles. The van der Waals surface area contributed by atoms with Crippen LogP contribution < -0.4 is 10.1 Å². The number of benzene rings is 2. The molecule has 1 amide bonds. The zero-order valence-corrected chi connectivity index (χ0v) is 16.0. The molecule has 5 nitrogen and oxygen atoms in total. The molecule has 144 valence electrons. The molecular weight excluding hydrogens is 377 g/mol. The van der Waals surface area contributed by atoms with Crippen LogP contribution >= 0.6 is 11.3 Å². The van der Waals surface area contributed by atoms with Gasteiger partial charge >= 0.3 is 0 Å². The van der Waals surface area contributed by atoms with Crippen LogP contribution in [0, 0.1) is 5.82 Å². The minimum atomic E-state index is -0.323. The monoisotopic (exact) mass is 397 g/mol. The Bertz CT molecular complexity index is 962. The van der Waals surface area contributed by atoms with E-state index in [9.17, 15) is 9.18 Å². The number of aromatic nitrogens is 1. The quantitative estimate of drug-likeness (QED) is 0.715. The summed E-state index contributed by atoms with van der Waals surface area (Å²) < 4.78 is 19.6. The number of nitrogens with one attached hydrogen (secondary N) is 1. The SMILES string of the molecule is O=C(NCc1ccccc1F)c1ccc2c(c1)CN(Cc1nccs1)CCO2. The Morgan fingerprint density at radius 2 is 2.18 bits per heavy atom. The van der Waals surface area contributed by atoms with Gasteiger partial charge < -0.3 is 10.1 Å². The number of ether oxygens (including phenoxy) is 1. The minimum absolute atomic E-state index is 0.148.